The maximum Gasteiger partial charge on any atom is 0.295 e. The summed E-state index contributed by atoms with van der Waals surface area (Å²) in [6.07, 6.45) is 2.43. The molecule has 1 aliphatic rings. The summed E-state index contributed by atoms with van der Waals surface area (Å²) >= 11 is 0. The number of likely N-dealkylation sites (tertiary alicyclic amines) is 1. The van der Waals surface area contributed by atoms with Gasteiger partial charge in [0.2, 0.25) is 0 Å². The number of nitrogens with one attached hydrogen (secondary N) is 1. The van der Waals surface area contributed by atoms with Crippen LogP contribution < -0.4 is 9.47 Å². The zero-order chi connectivity index (χ0) is 27.7. The van der Waals surface area contributed by atoms with Crippen LogP contribution in [0.4, 0.5) is 0 Å². The van der Waals surface area contributed by atoms with Gasteiger partial charge in [-0.3, -0.25) is 9.59 Å². The molecule has 0 spiro atoms. The molecule has 3 aromatic carbocycles. The van der Waals surface area contributed by atoms with Gasteiger partial charge in [-0.05, 0) is 59.4 Å². The number of ether oxygens (including phenoxy) is 2. The maximum atomic E-state index is 13.4. The summed E-state index contributed by atoms with van der Waals surface area (Å²) in [7, 11) is 3.16. The highest BCUT2D eigenvalue weighted by Crippen LogP contribution is 2.40. The standard InChI is InChI=1S/C32H32N2O5/c1-19(2)20-8-10-21(11-9-20)29-28(30(35)22-6-5-7-24(16-22)38-3)31(36)32(37)34(29)15-14-23-18-33-27-13-12-25(39-4)17-26(23)27/h5-13,16-19,29,33,35H,14-15H2,1-4H3/b30-28-. The topological polar surface area (TPSA) is 91.9 Å². The second-order valence-corrected chi connectivity index (χ2v) is 10.0. The summed E-state index contributed by atoms with van der Waals surface area (Å²) in [5.41, 5.74) is 4.38. The van der Waals surface area contributed by atoms with Crippen LogP contribution >= 0.6 is 0 Å². The lowest BCUT2D eigenvalue weighted by Gasteiger charge is -2.25. The second-order valence-electron chi connectivity index (χ2n) is 10.0. The van der Waals surface area contributed by atoms with Crippen LogP contribution in [0.3, 0.4) is 0 Å². The molecule has 1 aromatic heterocycles. The lowest BCUT2D eigenvalue weighted by molar-refractivity contribution is -0.139. The van der Waals surface area contributed by atoms with Gasteiger partial charge in [-0.2, -0.15) is 0 Å². The molecule has 2 N–H and O–H groups in total. The molecule has 5 rings (SSSR count). The van der Waals surface area contributed by atoms with Crippen molar-refractivity contribution in [2.75, 3.05) is 20.8 Å². The van der Waals surface area contributed by atoms with Crippen LogP contribution in [0.1, 0.15) is 48.1 Å². The van der Waals surface area contributed by atoms with Gasteiger partial charge in [0.15, 0.2) is 0 Å². The zero-order valence-corrected chi connectivity index (χ0v) is 22.5. The summed E-state index contributed by atoms with van der Waals surface area (Å²) in [6.45, 7) is 4.51. The molecule has 0 radical (unpaired) electrons. The van der Waals surface area contributed by atoms with E-state index in [0.717, 1.165) is 33.3 Å². The Morgan fingerprint density at radius 3 is 2.38 bits per heavy atom. The fourth-order valence-electron chi connectivity index (χ4n) is 5.18. The molecule has 0 aliphatic carbocycles. The maximum absolute atomic E-state index is 13.4. The Kier molecular flexibility index (Phi) is 7.15. The number of hydrogen-bond acceptors (Lipinski definition) is 5. The molecule has 1 amide bonds. The van der Waals surface area contributed by atoms with Crippen molar-refractivity contribution in [3.05, 3.63) is 101 Å². The van der Waals surface area contributed by atoms with Crippen LogP contribution in [0.25, 0.3) is 16.7 Å². The summed E-state index contributed by atoms with van der Waals surface area (Å²) in [4.78, 5) is 31.7. The molecule has 1 aliphatic heterocycles. The van der Waals surface area contributed by atoms with Crippen molar-refractivity contribution in [1.29, 1.82) is 0 Å². The molecule has 0 bridgehead atoms. The largest absolute Gasteiger partial charge is 0.507 e. The lowest BCUT2D eigenvalue weighted by Crippen LogP contribution is -2.31. The Hall–Kier alpha value is -4.52. The van der Waals surface area contributed by atoms with Crippen molar-refractivity contribution >= 4 is 28.4 Å². The SMILES string of the molecule is COc1cccc(/C(O)=C2/C(=O)C(=O)N(CCc3c[nH]c4ccc(OC)cc34)C2c2ccc(C(C)C)cc2)c1. The van der Waals surface area contributed by atoms with E-state index in [0.29, 0.717) is 30.2 Å². The van der Waals surface area contributed by atoms with E-state index in [1.54, 1.807) is 36.3 Å². The van der Waals surface area contributed by atoms with E-state index in [2.05, 4.69) is 18.8 Å². The van der Waals surface area contributed by atoms with Crippen LogP contribution in [-0.2, 0) is 16.0 Å². The van der Waals surface area contributed by atoms with E-state index in [1.807, 2.05) is 48.7 Å². The smallest absolute Gasteiger partial charge is 0.295 e. The Bertz CT molecular complexity index is 1570. The summed E-state index contributed by atoms with van der Waals surface area (Å²) in [6, 6.07) is 19.8. The van der Waals surface area contributed by atoms with Crippen molar-refractivity contribution in [1.82, 2.24) is 9.88 Å². The van der Waals surface area contributed by atoms with Crippen LogP contribution in [-0.4, -0.2) is 47.4 Å². The predicted octanol–water partition coefficient (Wildman–Crippen LogP) is 5.97. The van der Waals surface area contributed by atoms with E-state index in [4.69, 9.17) is 9.47 Å². The van der Waals surface area contributed by atoms with E-state index in [9.17, 15) is 14.7 Å². The highest BCUT2D eigenvalue weighted by Gasteiger charge is 2.46. The van der Waals surface area contributed by atoms with Gasteiger partial charge in [0, 0.05) is 29.2 Å². The average Bonchev–Trinajstić information content (AvgIpc) is 3.48. The van der Waals surface area contributed by atoms with Gasteiger partial charge in [-0.25, -0.2) is 0 Å². The number of nitrogens with zero attached hydrogens (tertiary/aromatic N) is 1. The summed E-state index contributed by atoms with van der Waals surface area (Å²) in [5.74, 6) is 0.0717. The van der Waals surface area contributed by atoms with E-state index in [1.165, 1.54) is 7.11 Å². The number of hydrogen-bond donors (Lipinski definition) is 2. The monoisotopic (exact) mass is 524 g/mol. The highest BCUT2D eigenvalue weighted by atomic mass is 16.5. The number of H-pyrrole nitrogens is 1. The normalized spacial score (nSPS) is 16.8. The van der Waals surface area contributed by atoms with Gasteiger partial charge in [0.05, 0.1) is 25.8 Å². The number of aromatic nitrogens is 1. The molecule has 7 nitrogen and oxygen atoms in total. The number of aromatic amines is 1. The Morgan fingerprint density at radius 1 is 0.974 bits per heavy atom. The number of aliphatic hydroxyl groups is 1. The molecule has 0 saturated carbocycles. The van der Waals surface area contributed by atoms with Crippen molar-refractivity contribution < 1.29 is 24.2 Å². The van der Waals surface area contributed by atoms with Crippen LogP contribution in [0.5, 0.6) is 11.5 Å². The molecule has 2 heterocycles. The molecule has 1 atom stereocenters. The van der Waals surface area contributed by atoms with E-state index in [-0.39, 0.29) is 11.3 Å². The highest BCUT2D eigenvalue weighted by molar-refractivity contribution is 6.46. The summed E-state index contributed by atoms with van der Waals surface area (Å²) in [5, 5.41) is 12.4. The number of ketones is 1. The summed E-state index contributed by atoms with van der Waals surface area (Å²) < 4.78 is 10.7. The molecule has 7 heteroatoms. The van der Waals surface area contributed by atoms with Gasteiger partial charge < -0.3 is 24.5 Å². The molecule has 1 saturated heterocycles. The molecule has 39 heavy (non-hydrogen) atoms. The van der Waals surface area contributed by atoms with Crippen molar-refractivity contribution in [3.63, 3.8) is 0 Å². The van der Waals surface area contributed by atoms with Crippen LogP contribution in [0.2, 0.25) is 0 Å². The number of amides is 1. The van der Waals surface area contributed by atoms with Crippen molar-refractivity contribution in [3.8, 4) is 11.5 Å². The second kappa shape index (κ2) is 10.7. The van der Waals surface area contributed by atoms with E-state index < -0.39 is 17.7 Å². The molecular weight excluding hydrogens is 492 g/mol. The number of aliphatic hydroxyl groups excluding tert-OH is 1. The Morgan fingerprint density at radius 2 is 1.69 bits per heavy atom. The number of carbonyl (C=O) groups excluding carboxylic acids is 2. The number of methoxy groups -OCH3 is 2. The first-order chi connectivity index (χ1) is 18.8. The number of Topliss-reactive ketones (excluding diaryl/α,β-unsaturated/α-hetero) is 1. The molecule has 4 aromatic rings. The average molecular weight is 525 g/mol. The van der Waals surface area contributed by atoms with Gasteiger partial charge in [-0.15, -0.1) is 0 Å². The van der Waals surface area contributed by atoms with Gasteiger partial charge in [0.25, 0.3) is 11.7 Å². The van der Waals surface area contributed by atoms with Gasteiger partial charge in [-0.1, -0.05) is 50.2 Å². The fourth-order valence-corrected chi connectivity index (χ4v) is 5.18. The number of rotatable bonds is 8. The number of carbonyl (C=O) groups is 2. The molecule has 1 fully saturated rings. The first kappa shape index (κ1) is 26.1. The molecule has 1 unspecified atom stereocenters. The minimum absolute atomic E-state index is 0.0751. The van der Waals surface area contributed by atoms with Crippen molar-refractivity contribution in [2.24, 2.45) is 0 Å². The first-order valence-electron chi connectivity index (χ1n) is 13.0. The zero-order valence-electron chi connectivity index (χ0n) is 22.5. The fraction of sp³-hybridized carbons (Fsp3) is 0.250. The third kappa shape index (κ3) is 4.88. The Balaban J connectivity index is 1.56. The Labute approximate surface area is 227 Å². The molecule has 200 valence electrons. The van der Waals surface area contributed by atoms with Gasteiger partial charge >= 0.3 is 0 Å². The molecular formula is C32H32N2O5. The lowest BCUT2D eigenvalue weighted by atomic mass is 9.93. The first-order valence-corrected chi connectivity index (χ1v) is 13.0. The minimum atomic E-state index is -0.725. The number of benzene rings is 3. The van der Waals surface area contributed by atoms with Crippen LogP contribution in [0.15, 0.2) is 78.5 Å². The van der Waals surface area contributed by atoms with E-state index >= 15 is 0 Å². The predicted molar refractivity (Wildman–Crippen MR) is 151 cm³/mol. The number of fused-ring (bicyclic) bond motifs is 1. The van der Waals surface area contributed by atoms with Crippen molar-refractivity contribution in [2.45, 2.75) is 32.2 Å². The third-order valence-corrected chi connectivity index (χ3v) is 7.40. The quantitative estimate of drug-likeness (QED) is 0.168. The minimum Gasteiger partial charge on any atom is -0.507 e. The third-order valence-electron chi connectivity index (χ3n) is 7.40. The van der Waals surface area contributed by atoms with Gasteiger partial charge in [0.1, 0.15) is 17.3 Å². The van der Waals surface area contributed by atoms with Crippen LogP contribution in [0, 0.1) is 0 Å².